The molecule has 0 aliphatic rings. The summed E-state index contributed by atoms with van der Waals surface area (Å²) < 4.78 is 1.22. The summed E-state index contributed by atoms with van der Waals surface area (Å²) in [6, 6.07) is 8.33. The van der Waals surface area contributed by atoms with Crippen molar-refractivity contribution in [2.45, 2.75) is 13.3 Å². The van der Waals surface area contributed by atoms with Crippen LogP contribution in [0.15, 0.2) is 35.3 Å². The summed E-state index contributed by atoms with van der Waals surface area (Å²) in [5, 5.41) is 7.26. The van der Waals surface area contributed by atoms with Crippen molar-refractivity contribution in [3.8, 4) is 0 Å². The van der Waals surface area contributed by atoms with Gasteiger partial charge in [-0.2, -0.15) is 5.10 Å². The Morgan fingerprint density at radius 1 is 1.42 bits per heavy atom. The molecule has 0 atom stereocenters. The summed E-state index contributed by atoms with van der Waals surface area (Å²) >= 11 is 5.97. The lowest BCUT2D eigenvalue weighted by Gasteiger charge is -2.08. The topological polar surface area (TPSA) is 46.9 Å². The molecule has 0 unspecified atom stereocenters. The molecule has 100 valence electrons. The number of aromatic nitrogens is 2. The van der Waals surface area contributed by atoms with Gasteiger partial charge in [0.05, 0.1) is 11.9 Å². The predicted molar refractivity (Wildman–Crippen MR) is 77.9 cm³/mol. The Labute approximate surface area is 117 Å². The van der Waals surface area contributed by atoms with Crippen LogP contribution in [0.3, 0.4) is 0 Å². The molecule has 2 rings (SSSR count). The maximum absolute atomic E-state index is 11.6. The van der Waals surface area contributed by atoms with Crippen LogP contribution in [0.5, 0.6) is 0 Å². The van der Waals surface area contributed by atoms with Crippen molar-refractivity contribution in [2.75, 3.05) is 11.9 Å². The van der Waals surface area contributed by atoms with Gasteiger partial charge in [-0.15, -0.1) is 0 Å². The van der Waals surface area contributed by atoms with E-state index in [-0.39, 0.29) is 10.6 Å². The first-order valence-electron chi connectivity index (χ1n) is 6.09. The van der Waals surface area contributed by atoms with Crippen molar-refractivity contribution in [1.82, 2.24) is 9.78 Å². The molecule has 4 nitrogen and oxygen atoms in total. The highest BCUT2D eigenvalue weighted by molar-refractivity contribution is 6.32. The zero-order valence-electron chi connectivity index (χ0n) is 11.0. The standard InChI is InChI=1S/C14H16ClN3O/c1-10-4-3-5-11(8-10)6-7-16-12-9-17-18(2)14(19)13(12)15/h3-5,8-9,16H,6-7H2,1-2H3. The van der Waals surface area contributed by atoms with E-state index in [0.29, 0.717) is 12.2 Å². The molecule has 0 fully saturated rings. The molecule has 0 spiro atoms. The van der Waals surface area contributed by atoms with E-state index in [1.165, 1.54) is 15.8 Å². The number of halogens is 1. The van der Waals surface area contributed by atoms with Gasteiger partial charge in [-0.05, 0) is 18.9 Å². The van der Waals surface area contributed by atoms with Crippen LogP contribution in [0.4, 0.5) is 5.69 Å². The molecular weight excluding hydrogens is 262 g/mol. The Hall–Kier alpha value is -1.81. The minimum atomic E-state index is -0.290. The van der Waals surface area contributed by atoms with Crippen LogP contribution in [0, 0.1) is 6.92 Å². The summed E-state index contributed by atoms with van der Waals surface area (Å²) in [6.45, 7) is 2.77. The Balaban J connectivity index is 2.00. The lowest BCUT2D eigenvalue weighted by Crippen LogP contribution is -2.21. The van der Waals surface area contributed by atoms with Gasteiger partial charge in [0, 0.05) is 13.6 Å². The normalized spacial score (nSPS) is 10.5. The number of hydrogen-bond acceptors (Lipinski definition) is 3. The third kappa shape index (κ3) is 3.35. The third-order valence-corrected chi connectivity index (χ3v) is 3.26. The van der Waals surface area contributed by atoms with E-state index < -0.39 is 0 Å². The number of aryl methyl sites for hydroxylation is 2. The lowest BCUT2D eigenvalue weighted by atomic mass is 10.1. The van der Waals surface area contributed by atoms with Gasteiger partial charge in [-0.3, -0.25) is 4.79 Å². The molecule has 19 heavy (non-hydrogen) atoms. The lowest BCUT2D eigenvalue weighted by molar-refractivity contribution is 0.708. The monoisotopic (exact) mass is 277 g/mol. The van der Waals surface area contributed by atoms with Gasteiger partial charge < -0.3 is 5.32 Å². The molecule has 0 radical (unpaired) electrons. The zero-order chi connectivity index (χ0) is 13.8. The number of hydrogen-bond donors (Lipinski definition) is 1. The molecule has 0 aliphatic heterocycles. The van der Waals surface area contributed by atoms with Gasteiger partial charge in [-0.25, -0.2) is 4.68 Å². The average Bonchev–Trinajstić information content (AvgIpc) is 2.39. The van der Waals surface area contributed by atoms with Crippen molar-refractivity contribution in [3.05, 3.63) is 57.0 Å². The number of nitrogens with zero attached hydrogens (tertiary/aromatic N) is 2. The van der Waals surface area contributed by atoms with E-state index in [1.807, 2.05) is 6.07 Å². The van der Waals surface area contributed by atoms with Gasteiger partial charge >= 0.3 is 0 Å². The van der Waals surface area contributed by atoms with Crippen molar-refractivity contribution < 1.29 is 0 Å². The molecular formula is C14H16ClN3O. The summed E-state index contributed by atoms with van der Waals surface area (Å²) in [5.74, 6) is 0. The molecule has 1 N–H and O–H groups in total. The van der Waals surface area contributed by atoms with Gasteiger partial charge in [0.25, 0.3) is 5.56 Å². The smallest absolute Gasteiger partial charge is 0.287 e. The molecule has 0 bridgehead atoms. The molecule has 2 aromatic rings. The first kappa shape index (κ1) is 13.6. The largest absolute Gasteiger partial charge is 0.382 e. The van der Waals surface area contributed by atoms with Gasteiger partial charge in [-0.1, -0.05) is 41.4 Å². The molecule has 0 saturated heterocycles. The Bertz CT molecular complexity index is 637. The first-order chi connectivity index (χ1) is 9.08. The van der Waals surface area contributed by atoms with Crippen LogP contribution in [0.1, 0.15) is 11.1 Å². The third-order valence-electron chi connectivity index (χ3n) is 2.89. The number of anilines is 1. The zero-order valence-corrected chi connectivity index (χ0v) is 11.7. The van der Waals surface area contributed by atoms with Gasteiger partial charge in [0.15, 0.2) is 0 Å². The molecule has 0 saturated carbocycles. The molecule has 1 heterocycles. The van der Waals surface area contributed by atoms with Crippen LogP contribution >= 0.6 is 11.6 Å². The van der Waals surface area contributed by atoms with E-state index in [0.717, 1.165) is 6.42 Å². The average molecular weight is 278 g/mol. The maximum Gasteiger partial charge on any atom is 0.287 e. The SMILES string of the molecule is Cc1cccc(CCNc2cnn(C)c(=O)c2Cl)c1. The first-order valence-corrected chi connectivity index (χ1v) is 6.47. The highest BCUT2D eigenvalue weighted by atomic mass is 35.5. The van der Waals surface area contributed by atoms with Gasteiger partial charge in [0.1, 0.15) is 5.02 Å². The fourth-order valence-corrected chi connectivity index (χ4v) is 2.08. The Morgan fingerprint density at radius 2 is 2.21 bits per heavy atom. The number of rotatable bonds is 4. The van der Waals surface area contributed by atoms with E-state index >= 15 is 0 Å². The Morgan fingerprint density at radius 3 is 2.95 bits per heavy atom. The number of nitrogens with one attached hydrogen (secondary N) is 1. The molecule has 0 aliphatic carbocycles. The van der Waals surface area contributed by atoms with Crippen molar-refractivity contribution in [2.24, 2.45) is 7.05 Å². The minimum absolute atomic E-state index is 0.182. The van der Waals surface area contributed by atoms with Crippen molar-refractivity contribution >= 4 is 17.3 Å². The van der Waals surface area contributed by atoms with Crippen LogP contribution in [-0.2, 0) is 13.5 Å². The quantitative estimate of drug-likeness (QED) is 0.933. The van der Waals surface area contributed by atoms with E-state index in [1.54, 1.807) is 13.2 Å². The van der Waals surface area contributed by atoms with E-state index in [4.69, 9.17) is 11.6 Å². The Kier molecular flexibility index (Phi) is 4.22. The van der Waals surface area contributed by atoms with Crippen LogP contribution in [0.2, 0.25) is 5.02 Å². The predicted octanol–water partition coefficient (Wildman–Crippen LogP) is 2.40. The fraction of sp³-hybridized carbons (Fsp3) is 0.286. The van der Waals surface area contributed by atoms with Crippen LogP contribution < -0.4 is 10.9 Å². The van der Waals surface area contributed by atoms with Crippen molar-refractivity contribution in [3.63, 3.8) is 0 Å². The summed E-state index contributed by atoms with van der Waals surface area (Å²) in [4.78, 5) is 11.6. The molecule has 1 aromatic heterocycles. The second-order valence-corrected chi connectivity index (χ2v) is 4.84. The second-order valence-electron chi connectivity index (χ2n) is 4.47. The van der Waals surface area contributed by atoms with Gasteiger partial charge in [0.2, 0.25) is 0 Å². The maximum atomic E-state index is 11.6. The van der Waals surface area contributed by atoms with Crippen LogP contribution in [-0.4, -0.2) is 16.3 Å². The number of benzene rings is 1. The molecule has 1 aromatic carbocycles. The summed E-state index contributed by atoms with van der Waals surface area (Å²) in [7, 11) is 1.57. The summed E-state index contributed by atoms with van der Waals surface area (Å²) in [6.07, 6.45) is 2.44. The minimum Gasteiger partial charge on any atom is -0.382 e. The van der Waals surface area contributed by atoms with Crippen molar-refractivity contribution in [1.29, 1.82) is 0 Å². The van der Waals surface area contributed by atoms with E-state index in [2.05, 4.69) is 35.5 Å². The van der Waals surface area contributed by atoms with E-state index in [9.17, 15) is 4.79 Å². The van der Waals surface area contributed by atoms with Crippen LogP contribution in [0.25, 0.3) is 0 Å². The molecule has 0 amide bonds. The highest BCUT2D eigenvalue weighted by Crippen LogP contribution is 2.15. The highest BCUT2D eigenvalue weighted by Gasteiger charge is 2.06. The molecule has 5 heteroatoms. The fourth-order valence-electron chi connectivity index (χ4n) is 1.84. The summed E-state index contributed by atoms with van der Waals surface area (Å²) in [5.41, 5.74) is 2.78. The second kappa shape index (κ2) is 5.89.